The van der Waals surface area contributed by atoms with Gasteiger partial charge in [-0.3, -0.25) is 4.79 Å². The maximum Gasteiger partial charge on any atom is 0.269 e. The highest BCUT2D eigenvalue weighted by atomic mass is 16.1. The van der Waals surface area contributed by atoms with Crippen molar-refractivity contribution < 1.29 is 4.79 Å². The molecule has 1 amide bonds. The lowest BCUT2D eigenvalue weighted by Gasteiger charge is -2.11. The fourth-order valence-corrected chi connectivity index (χ4v) is 2.32. The molecule has 0 bridgehead atoms. The number of rotatable bonds is 7. The molecule has 0 atom stereocenters. The third-order valence-electron chi connectivity index (χ3n) is 3.74. The van der Waals surface area contributed by atoms with E-state index in [2.05, 4.69) is 52.6 Å². The molecule has 2 aromatic rings. The minimum absolute atomic E-state index is 0.132. The Morgan fingerprint density at radius 2 is 1.96 bits per heavy atom. The van der Waals surface area contributed by atoms with Crippen molar-refractivity contribution in [1.82, 2.24) is 15.2 Å². The molecule has 1 aromatic carbocycles. The molecule has 1 aromatic heterocycles. The summed E-state index contributed by atoms with van der Waals surface area (Å²) >= 11 is 0. The molecule has 0 aliphatic carbocycles. The number of hydrogen-bond donors (Lipinski definition) is 2. The Bertz CT molecular complexity index is 680. The maximum atomic E-state index is 12.1. The molecule has 0 aliphatic rings. The van der Waals surface area contributed by atoms with E-state index in [1.54, 1.807) is 12.3 Å². The summed E-state index contributed by atoms with van der Waals surface area (Å²) < 4.78 is 0. The summed E-state index contributed by atoms with van der Waals surface area (Å²) in [5, 5.41) is 6.24. The van der Waals surface area contributed by atoms with Crippen LogP contribution in [0.3, 0.4) is 0 Å². The van der Waals surface area contributed by atoms with Gasteiger partial charge >= 0.3 is 0 Å². The number of carbonyl (C=O) groups excluding carboxylic acids is 1. The number of amides is 1. The van der Waals surface area contributed by atoms with Crippen LogP contribution in [0.15, 0.2) is 36.5 Å². The maximum absolute atomic E-state index is 12.1. The average molecular weight is 326 g/mol. The van der Waals surface area contributed by atoms with Crippen LogP contribution in [0.2, 0.25) is 0 Å². The Morgan fingerprint density at radius 3 is 2.62 bits per heavy atom. The summed E-state index contributed by atoms with van der Waals surface area (Å²) in [6.45, 7) is 5.73. The first kappa shape index (κ1) is 17.9. The fraction of sp³-hybridized carbons (Fsp3) is 0.368. The molecule has 0 aliphatic heterocycles. The summed E-state index contributed by atoms with van der Waals surface area (Å²) in [7, 11) is 4.04. The predicted molar refractivity (Wildman–Crippen MR) is 98.9 cm³/mol. The van der Waals surface area contributed by atoms with E-state index in [0.717, 1.165) is 24.3 Å². The minimum atomic E-state index is -0.132. The molecule has 0 saturated carbocycles. The first-order chi connectivity index (χ1) is 11.5. The quantitative estimate of drug-likeness (QED) is 0.768. The van der Waals surface area contributed by atoms with Gasteiger partial charge in [0, 0.05) is 12.2 Å². The number of pyridine rings is 1. The van der Waals surface area contributed by atoms with E-state index in [9.17, 15) is 4.79 Å². The molecule has 1 heterocycles. The number of anilines is 2. The van der Waals surface area contributed by atoms with Gasteiger partial charge in [0.05, 0.1) is 11.9 Å². The van der Waals surface area contributed by atoms with Crippen LogP contribution in [-0.4, -0.2) is 43.0 Å². The molecule has 2 rings (SSSR count). The van der Waals surface area contributed by atoms with Gasteiger partial charge in [0.15, 0.2) is 0 Å². The molecule has 5 heteroatoms. The van der Waals surface area contributed by atoms with Gasteiger partial charge in [-0.2, -0.15) is 0 Å². The van der Waals surface area contributed by atoms with Gasteiger partial charge in [-0.15, -0.1) is 0 Å². The second kappa shape index (κ2) is 8.45. The van der Waals surface area contributed by atoms with E-state index in [4.69, 9.17) is 0 Å². The number of aryl methyl sites for hydroxylation is 2. The van der Waals surface area contributed by atoms with Gasteiger partial charge in [-0.05, 0) is 70.2 Å². The van der Waals surface area contributed by atoms with Crippen molar-refractivity contribution in [3.05, 3.63) is 53.3 Å². The van der Waals surface area contributed by atoms with Crippen LogP contribution in [0.5, 0.6) is 0 Å². The van der Waals surface area contributed by atoms with Crippen molar-refractivity contribution in [1.29, 1.82) is 0 Å². The van der Waals surface area contributed by atoms with Crippen molar-refractivity contribution in [3.8, 4) is 0 Å². The molecule has 2 N–H and O–H groups in total. The molecule has 24 heavy (non-hydrogen) atoms. The third-order valence-corrected chi connectivity index (χ3v) is 3.74. The lowest BCUT2D eigenvalue weighted by molar-refractivity contribution is 0.0947. The summed E-state index contributed by atoms with van der Waals surface area (Å²) in [5.74, 6) is -0.132. The van der Waals surface area contributed by atoms with Gasteiger partial charge in [0.25, 0.3) is 5.91 Å². The van der Waals surface area contributed by atoms with Crippen LogP contribution in [0, 0.1) is 13.8 Å². The van der Waals surface area contributed by atoms with Gasteiger partial charge in [0.2, 0.25) is 0 Å². The second-order valence-corrected chi connectivity index (χ2v) is 6.29. The van der Waals surface area contributed by atoms with Crippen LogP contribution in [-0.2, 0) is 0 Å². The number of hydrogen-bond acceptors (Lipinski definition) is 4. The molecular formula is C19H26N4O. The van der Waals surface area contributed by atoms with Crippen LogP contribution < -0.4 is 10.6 Å². The lowest BCUT2D eigenvalue weighted by atomic mass is 10.1. The highest BCUT2D eigenvalue weighted by Gasteiger charge is 2.07. The number of nitrogens with zero attached hydrogens (tertiary/aromatic N) is 2. The first-order valence-electron chi connectivity index (χ1n) is 8.19. The largest absolute Gasteiger partial charge is 0.354 e. The standard InChI is InChI=1S/C19H26N4O/c1-14-6-7-15(2)18(12-14)22-16-8-9-17(21-13-16)19(24)20-10-5-11-23(3)4/h6-9,12-13,22H,5,10-11H2,1-4H3,(H,20,24). The molecule has 0 fully saturated rings. The van der Waals surface area contributed by atoms with E-state index in [-0.39, 0.29) is 5.91 Å². The summed E-state index contributed by atoms with van der Waals surface area (Å²) in [6, 6.07) is 9.89. The molecule has 5 nitrogen and oxygen atoms in total. The van der Waals surface area contributed by atoms with Crippen molar-refractivity contribution in [2.45, 2.75) is 20.3 Å². The van der Waals surface area contributed by atoms with Crippen LogP contribution in [0.1, 0.15) is 28.0 Å². The lowest BCUT2D eigenvalue weighted by Crippen LogP contribution is -2.27. The number of aromatic nitrogens is 1. The van der Waals surface area contributed by atoms with Crippen LogP contribution in [0.25, 0.3) is 0 Å². The Morgan fingerprint density at radius 1 is 1.17 bits per heavy atom. The second-order valence-electron chi connectivity index (χ2n) is 6.29. The predicted octanol–water partition coefficient (Wildman–Crippen LogP) is 3.12. The Labute approximate surface area is 144 Å². The summed E-state index contributed by atoms with van der Waals surface area (Å²) in [5.41, 5.74) is 4.73. The van der Waals surface area contributed by atoms with E-state index < -0.39 is 0 Å². The smallest absolute Gasteiger partial charge is 0.269 e. The van der Waals surface area contributed by atoms with E-state index >= 15 is 0 Å². The summed E-state index contributed by atoms with van der Waals surface area (Å²) in [6.07, 6.45) is 2.61. The Kier molecular flexibility index (Phi) is 6.32. The monoisotopic (exact) mass is 326 g/mol. The topological polar surface area (TPSA) is 57.3 Å². The van der Waals surface area contributed by atoms with Gasteiger partial charge in [-0.1, -0.05) is 12.1 Å². The Hall–Kier alpha value is -2.40. The van der Waals surface area contributed by atoms with Crippen molar-refractivity contribution in [2.75, 3.05) is 32.5 Å². The van der Waals surface area contributed by atoms with E-state index in [0.29, 0.717) is 12.2 Å². The number of nitrogens with one attached hydrogen (secondary N) is 2. The third kappa shape index (κ3) is 5.35. The van der Waals surface area contributed by atoms with Gasteiger partial charge < -0.3 is 15.5 Å². The molecule has 0 spiro atoms. The van der Waals surface area contributed by atoms with Gasteiger partial charge in [0.1, 0.15) is 5.69 Å². The molecule has 0 saturated heterocycles. The highest BCUT2D eigenvalue weighted by Crippen LogP contribution is 2.21. The van der Waals surface area contributed by atoms with Crippen molar-refractivity contribution in [2.24, 2.45) is 0 Å². The zero-order valence-corrected chi connectivity index (χ0v) is 14.9. The number of benzene rings is 1. The van der Waals surface area contributed by atoms with Crippen molar-refractivity contribution >= 4 is 17.3 Å². The van der Waals surface area contributed by atoms with Crippen molar-refractivity contribution in [3.63, 3.8) is 0 Å². The summed E-state index contributed by atoms with van der Waals surface area (Å²) in [4.78, 5) is 18.4. The normalized spacial score (nSPS) is 10.7. The van der Waals surface area contributed by atoms with E-state index in [1.807, 2.05) is 20.2 Å². The Balaban J connectivity index is 1.92. The average Bonchev–Trinajstić information content (AvgIpc) is 2.55. The molecule has 128 valence electrons. The molecule has 0 radical (unpaired) electrons. The zero-order valence-electron chi connectivity index (χ0n) is 14.9. The number of carbonyl (C=O) groups is 1. The van der Waals surface area contributed by atoms with Crippen LogP contribution in [0.4, 0.5) is 11.4 Å². The minimum Gasteiger partial charge on any atom is -0.354 e. The van der Waals surface area contributed by atoms with Gasteiger partial charge in [-0.25, -0.2) is 4.98 Å². The highest BCUT2D eigenvalue weighted by molar-refractivity contribution is 5.92. The molecule has 0 unspecified atom stereocenters. The molecular weight excluding hydrogens is 300 g/mol. The first-order valence-corrected chi connectivity index (χ1v) is 8.19. The SMILES string of the molecule is Cc1ccc(C)c(Nc2ccc(C(=O)NCCCN(C)C)nc2)c1. The van der Waals surface area contributed by atoms with Crippen LogP contribution >= 0.6 is 0 Å². The van der Waals surface area contributed by atoms with E-state index in [1.165, 1.54) is 11.1 Å². The zero-order chi connectivity index (χ0) is 17.5. The fourth-order valence-electron chi connectivity index (χ4n) is 2.32.